The second-order valence-electron chi connectivity index (χ2n) is 8.58. The molecule has 4 aromatic carbocycles. The zero-order chi connectivity index (χ0) is 19.4. The molecule has 6 rings (SSSR count). The van der Waals surface area contributed by atoms with Crippen LogP contribution in [0.5, 0.6) is 0 Å². The van der Waals surface area contributed by atoms with Crippen molar-refractivity contribution in [2.75, 3.05) is 11.9 Å². The highest BCUT2D eigenvalue weighted by atomic mass is 15.1. The van der Waals surface area contributed by atoms with E-state index in [0.29, 0.717) is 0 Å². The molecule has 0 N–H and O–H groups in total. The lowest BCUT2D eigenvalue weighted by atomic mass is 9.90. The molecule has 0 unspecified atom stereocenters. The molecule has 4 aromatic rings. The van der Waals surface area contributed by atoms with E-state index in [-0.39, 0.29) is 0 Å². The van der Waals surface area contributed by atoms with E-state index in [2.05, 4.69) is 90.8 Å². The summed E-state index contributed by atoms with van der Waals surface area (Å²) in [5.74, 6) is 0.728. The lowest BCUT2D eigenvalue weighted by Crippen LogP contribution is -2.10. The minimum absolute atomic E-state index is 0.728. The van der Waals surface area contributed by atoms with Crippen molar-refractivity contribution in [1.29, 1.82) is 0 Å². The predicted octanol–water partition coefficient (Wildman–Crippen LogP) is 7.91. The Kier molecular flexibility index (Phi) is 3.77. The molecule has 0 bridgehead atoms. The predicted molar refractivity (Wildman–Crippen MR) is 124 cm³/mol. The molecule has 29 heavy (non-hydrogen) atoms. The van der Waals surface area contributed by atoms with Crippen molar-refractivity contribution >= 4 is 22.1 Å². The molecule has 2 aliphatic rings. The van der Waals surface area contributed by atoms with Crippen LogP contribution in [0.4, 0.5) is 11.4 Å². The fourth-order valence-corrected chi connectivity index (χ4v) is 5.38. The maximum atomic E-state index is 2.48. The van der Waals surface area contributed by atoms with Crippen LogP contribution in [0.1, 0.15) is 37.2 Å². The minimum atomic E-state index is 0.728. The topological polar surface area (TPSA) is 3.24 Å². The van der Waals surface area contributed by atoms with Crippen molar-refractivity contribution in [3.63, 3.8) is 0 Å². The van der Waals surface area contributed by atoms with E-state index >= 15 is 0 Å². The van der Waals surface area contributed by atoms with Gasteiger partial charge in [0.1, 0.15) is 0 Å². The van der Waals surface area contributed by atoms with Crippen LogP contribution in [-0.2, 0) is 0 Å². The summed E-state index contributed by atoms with van der Waals surface area (Å²) in [6.07, 6.45) is 5.41. The molecule has 0 radical (unpaired) electrons. The van der Waals surface area contributed by atoms with Gasteiger partial charge in [0.15, 0.2) is 0 Å². The summed E-state index contributed by atoms with van der Waals surface area (Å²) in [4.78, 5) is 2.38. The van der Waals surface area contributed by atoms with Gasteiger partial charge in [-0.2, -0.15) is 0 Å². The first-order valence-corrected chi connectivity index (χ1v) is 10.8. The molecule has 1 aliphatic heterocycles. The summed E-state index contributed by atoms with van der Waals surface area (Å²) in [6, 6.07) is 29.5. The monoisotopic (exact) mass is 375 g/mol. The van der Waals surface area contributed by atoms with Gasteiger partial charge in [-0.15, -0.1) is 0 Å². The number of hydrogen-bond donors (Lipinski definition) is 0. The fourth-order valence-electron chi connectivity index (χ4n) is 5.38. The molecule has 0 amide bonds. The van der Waals surface area contributed by atoms with Crippen LogP contribution < -0.4 is 4.90 Å². The van der Waals surface area contributed by atoms with Gasteiger partial charge in [-0.05, 0) is 70.5 Å². The van der Waals surface area contributed by atoms with Crippen LogP contribution in [0.25, 0.3) is 33.0 Å². The first kappa shape index (κ1) is 16.9. The third kappa shape index (κ3) is 2.61. The Balaban J connectivity index is 1.64. The van der Waals surface area contributed by atoms with Crippen LogP contribution in [0.2, 0.25) is 0 Å². The molecular weight excluding hydrogens is 350 g/mol. The zero-order valence-corrected chi connectivity index (χ0v) is 16.9. The van der Waals surface area contributed by atoms with Gasteiger partial charge in [-0.3, -0.25) is 0 Å². The molecule has 0 spiro atoms. The highest BCUT2D eigenvalue weighted by Crippen LogP contribution is 2.49. The van der Waals surface area contributed by atoms with Crippen molar-refractivity contribution in [3.8, 4) is 22.3 Å². The summed E-state index contributed by atoms with van der Waals surface area (Å²) in [7, 11) is 2.22. The van der Waals surface area contributed by atoms with E-state index < -0.39 is 0 Å². The lowest BCUT2D eigenvalue weighted by Gasteiger charge is -2.23. The van der Waals surface area contributed by atoms with Gasteiger partial charge in [-0.1, -0.05) is 67.4 Å². The zero-order valence-electron chi connectivity index (χ0n) is 16.9. The third-order valence-electron chi connectivity index (χ3n) is 6.94. The Morgan fingerprint density at radius 3 is 1.97 bits per heavy atom. The number of benzene rings is 4. The summed E-state index contributed by atoms with van der Waals surface area (Å²) >= 11 is 0. The second-order valence-corrected chi connectivity index (χ2v) is 8.58. The van der Waals surface area contributed by atoms with Crippen LogP contribution in [0, 0.1) is 0 Å². The summed E-state index contributed by atoms with van der Waals surface area (Å²) in [6.45, 7) is 0. The molecule has 0 aromatic heterocycles. The van der Waals surface area contributed by atoms with Gasteiger partial charge in [-0.25, -0.2) is 0 Å². The SMILES string of the molecule is CN1c2ccc(C3CCCC3)cc2-c2ccccc2-c2cc3ccccc3cc21. The Morgan fingerprint density at radius 2 is 1.24 bits per heavy atom. The van der Waals surface area contributed by atoms with Crippen molar-refractivity contribution in [2.45, 2.75) is 31.6 Å². The van der Waals surface area contributed by atoms with Crippen molar-refractivity contribution in [2.24, 2.45) is 0 Å². The molecule has 1 aliphatic carbocycles. The average Bonchev–Trinajstić information content (AvgIpc) is 3.29. The summed E-state index contributed by atoms with van der Waals surface area (Å²) in [5, 5.41) is 2.59. The van der Waals surface area contributed by atoms with Crippen molar-refractivity contribution in [3.05, 3.63) is 84.4 Å². The molecule has 1 saturated carbocycles. The molecule has 1 nitrogen and oxygen atoms in total. The largest absolute Gasteiger partial charge is 0.344 e. The van der Waals surface area contributed by atoms with E-state index in [9.17, 15) is 0 Å². The van der Waals surface area contributed by atoms with Crippen LogP contribution >= 0.6 is 0 Å². The molecule has 0 saturated heterocycles. The summed E-state index contributed by atoms with van der Waals surface area (Å²) < 4.78 is 0. The van der Waals surface area contributed by atoms with Crippen molar-refractivity contribution < 1.29 is 0 Å². The Labute approximate surface area is 172 Å². The Hall–Kier alpha value is -3.06. The van der Waals surface area contributed by atoms with Gasteiger partial charge in [0.25, 0.3) is 0 Å². The lowest BCUT2D eigenvalue weighted by molar-refractivity contribution is 0.723. The first-order chi connectivity index (χ1) is 14.3. The number of nitrogens with zero attached hydrogens (tertiary/aromatic N) is 1. The summed E-state index contributed by atoms with van der Waals surface area (Å²) in [5.41, 5.74) is 9.47. The Morgan fingerprint density at radius 1 is 0.621 bits per heavy atom. The van der Waals surface area contributed by atoms with Crippen LogP contribution in [0.15, 0.2) is 78.9 Å². The standard InChI is InChI=1S/C28H25N/c1-29-27-15-14-22(19-8-2-3-9-19)17-25(27)23-12-6-7-13-24(23)26-16-20-10-4-5-11-21(20)18-28(26)29/h4-7,10-19H,2-3,8-9H2,1H3. The third-order valence-corrected chi connectivity index (χ3v) is 6.94. The van der Waals surface area contributed by atoms with E-state index in [4.69, 9.17) is 0 Å². The number of anilines is 2. The molecule has 1 fully saturated rings. The van der Waals surface area contributed by atoms with Crippen molar-refractivity contribution in [1.82, 2.24) is 0 Å². The number of hydrogen-bond acceptors (Lipinski definition) is 1. The normalized spacial score (nSPS) is 15.7. The number of rotatable bonds is 1. The van der Waals surface area contributed by atoms with Gasteiger partial charge in [0.05, 0.1) is 0 Å². The highest BCUT2D eigenvalue weighted by Gasteiger charge is 2.25. The van der Waals surface area contributed by atoms with Gasteiger partial charge >= 0.3 is 0 Å². The maximum Gasteiger partial charge on any atom is 0.0494 e. The van der Waals surface area contributed by atoms with Gasteiger partial charge in [0, 0.05) is 29.5 Å². The molecular formula is C28H25N. The molecule has 142 valence electrons. The van der Waals surface area contributed by atoms with E-state index in [1.54, 1.807) is 0 Å². The van der Waals surface area contributed by atoms with E-state index in [1.165, 1.54) is 75.6 Å². The van der Waals surface area contributed by atoms with Gasteiger partial charge < -0.3 is 4.90 Å². The fraction of sp³-hybridized carbons (Fsp3) is 0.214. The molecule has 1 heteroatoms. The minimum Gasteiger partial charge on any atom is -0.344 e. The maximum absolute atomic E-state index is 2.48. The van der Waals surface area contributed by atoms with Crippen LogP contribution in [-0.4, -0.2) is 7.05 Å². The Bertz CT molecular complexity index is 1230. The average molecular weight is 376 g/mol. The van der Waals surface area contributed by atoms with Crippen LogP contribution in [0.3, 0.4) is 0 Å². The first-order valence-electron chi connectivity index (χ1n) is 10.8. The number of fused-ring (bicyclic) bond motifs is 6. The van der Waals surface area contributed by atoms with E-state index in [0.717, 1.165) is 5.92 Å². The second kappa shape index (κ2) is 6.49. The van der Waals surface area contributed by atoms with Gasteiger partial charge in [0.2, 0.25) is 0 Å². The highest BCUT2D eigenvalue weighted by molar-refractivity contribution is 6.04. The smallest absolute Gasteiger partial charge is 0.0494 e. The molecule has 0 atom stereocenters. The molecule has 1 heterocycles. The quantitative estimate of drug-likeness (QED) is 0.327. The van der Waals surface area contributed by atoms with E-state index in [1.807, 2.05) is 0 Å².